The molecular weight excluding hydrogens is 356 g/mol. The molecule has 0 aliphatic rings. The van der Waals surface area contributed by atoms with Crippen LogP contribution in [0.1, 0.15) is 24.2 Å². The third kappa shape index (κ3) is 5.59. The lowest BCUT2D eigenvalue weighted by molar-refractivity contribution is -0.124. The minimum Gasteiger partial charge on any atom is -0.452 e. The first-order valence-electron chi connectivity index (χ1n) is 7.92. The van der Waals surface area contributed by atoms with Crippen LogP contribution in [0.3, 0.4) is 0 Å². The Morgan fingerprint density at radius 1 is 1.00 bits per heavy atom. The van der Waals surface area contributed by atoms with Crippen LogP contribution in [0.4, 0.5) is 5.69 Å². The number of hydrogen-bond acceptors (Lipinski definition) is 5. The van der Waals surface area contributed by atoms with Crippen molar-refractivity contribution in [2.75, 3.05) is 11.3 Å². The molecule has 0 aliphatic heterocycles. The third-order valence-electron chi connectivity index (χ3n) is 3.21. The number of ether oxygens (including phenoxy) is 1. The van der Waals surface area contributed by atoms with Gasteiger partial charge in [0.05, 0.1) is 10.5 Å². The highest BCUT2D eigenvalue weighted by Crippen LogP contribution is 2.16. The molecule has 0 bridgehead atoms. The van der Waals surface area contributed by atoms with Crippen LogP contribution >= 0.6 is 0 Å². The van der Waals surface area contributed by atoms with E-state index < -0.39 is 28.5 Å². The van der Waals surface area contributed by atoms with Gasteiger partial charge in [0.1, 0.15) is 0 Å². The Kier molecular flexibility index (Phi) is 6.35. The number of nitrogens with one attached hydrogen (secondary N) is 2. The maximum absolute atomic E-state index is 12.3. The molecule has 8 heteroatoms. The monoisotopic (exact) mass is 376 g/mol. The van der Waals surface area contributed by atoms with Crippen LogP contribution in [0.5, 0.6) is 0 Å². The van der Waals surface area contributed by atoms with E-state index in [1.54, 1.807) is 44.2 Å². The maximum atomic E-state index is 12.3. The maximum Gasteiger partial charge on any atom is 0.338 e. The van der Waals surface area contributed by atoms with Gasteiger partial charge in [-0.05, 0) is 50.2 Å². The fourth-order valence-corrected chi connectivity index (χ4v) is 3.13. The summed E-state index contributed by atoms with van der Waals surface area (Å²) in [5, 5.41) is 2.60. The van der Waals surface area contributed by atoms with E-state index in [0.29, 0.717) is 5.69 Å². The Balaban J connectivity index is 2.01. The van der Waals surface area contributed by atoms with E-state index >= 15 is 0 Å². The highest BCUT2D eigenvalue weighted by molar-refractivity contribution is 7.92. The molecule has 2 aromatic rings. The molecule has 0 radical (unpaired) electrons. The van der Waals surface area contributed by atoms with Gasteiger partial charge in [-0.1, -0.05) is 18.2 Å². The molecule has 1 amide bonds. The van der Waals surface area contributed by atoms with Crippen LogP contribution < -0.4 is 10.0 Å². The number of anilines is 1. The molecule has 0 saturated heterocycles. The second kappa shape index (κ2) is 8.48. The van der Waals surface area contributed by atoms with Crippen LogP contribution in [-0.4, -0.2) is 32.9 Å². The molecule has 26 heavy (non-hydrogen) atoms. The van der Waals surface area contributed by atoms with E-state index in [-0.39, 0.29) is 16.5 Å². The first kappa shape index (κ1) is 19.5. The van der Waals surface area contributed by atoms with Crippen LogP contribution in [0.15, 0.2) is 59.5 Å². The van der Waals surface area contributed by atoms with E-state index in [2.05, 4.69) is 10.0 Å². The average Bonchev–Trinajstić information content (AvgIpc) is 2.60. The van der Waals surface area contributed by atoms with E-state index in [9.17, 15) is 18.0 Å². The highest BCUT2D eigenvalue weighted by atomic mass is 32.2. The lowest BCUT2D eigenvalue weighted by Crippen LogP contribution is -2.33. The van der Waals surface area contributed by atoms with Gasteiger partial charge in [0.15, 0.2) is 6.61 Å². The molecule has 0 aliphatic carbocycles. The number of esters is 1. The normalized spacial score (nSPS) is 11.0. The van der Waals surface area contributed by atoms with Crippen molar-refractivity contribution >= 4 is 27.6 Å². The van der Waals surface area contributed by atoms with Crippen molar-refractivity contribution in [2.45, 2.75) is 24.8 Å². The van der Waals surface area contributed by atoms with E-state index in [1.807, 2.05) is 0 Å². The quantitative estimate of drug-likeness (QED) is 0.721. The molecule has 7 nitrogen and oxygen atoms in total. The standard InChI is InChI=1S/C18H20N2O5S/c1-13(2)19-17(21)12-25-18(22)14-8-10-16(11-9-14)26(23,24)20-15-6-4-3-5-7-15/h3-11,13,20H,12H2,1-2H3,(H,19,21). The highest BCUT2D eigenvalue weighted by Gasteiger charge is 2.16. The minimum absolute atomic E-state index is 0.00968. The topological polar surface area (TPSA) is 102 Å². The predicted octanol–water partition coefficient (Wildman–Crippen LogP) is 2.17. The van der Waals surface area contributed by atoms with Crippen molar-refractivity contribution in [3.8, 4) is 0 Å². The van der Waals surface area contributed by atoms with Crippen molar-refractivity contribution < 1.29 is 22.7 Å². The lowest BCUT2D eigenvalue weighted by atomic mass is 10.2. The smallest absolute Gasteiger partial charge is 0.338 e. The van der Waals surface area contributed by atoms with E-state index in [4.69, 9.17) is 4.74 Å². The molecule has 0 spiro atoms. The largest absolute Gasteiger partial charge is 0.452 e. The first-order valence-corrected chi connectivity index (χ1v) is 9.40. The van der Waals surface area contributed by atoms with Gasteiger partial charge in [-0.2, -0.15) is 0 Å². The summed E-state index contributed by atoms with van der Waals surface area (Å²) in [6, 6.07) is 13.7. The number of sulfonamides is 1. The molecule has 0 atom stereocenters. The van der Waals surface area contributed by atoms with Gasteiger partial charge < -0.3 is 10.1 Å². The van der Waals surface area contributed by atoms with E-state index in [1.165, 1.54) is 24.3 Å². The summed E-state index contributed by atoms with van der Waals surface area (Å²) in [6.07, 6.45) is 0. The van der Waals surface area contributed by atoms with Crippen LogP contribution in [0, 0.1) is 0 Å². The number of carbonyl (C=O) groups is 2. The second-order valence-electron chi connectivity index (χ2n) is 5.79. The molecule has 2 rings (SSSR count). The molecule has 0 saturated carbocycles. The zero-order valence-corrected chi connectivity index (χ0v) is 15.2. The minimum atomic E-state index is -3.76. The zero-order chi connectivity index (χ0) is 19.2. The SMILES string of the molecule is CC(C)NC(=O)COC(=O)c1ccc(S(=O)(=O)Nc2ccccc2)cc1. The molecule has 0 heterocycles. The summed E-state index contributed by atoms with van der Waals surface area (Å²) in [5.41, 5.74) is 0.591. The molecule has 2 aromatic carbocycles. The summed E-state index contributed by atoms with van der Waals surface area (Å²) in [5.74, 6) is -1.11. The number of amides is 1. The van der Waals surface area contributed by atoms with Crippen molar-refractivity contribution in [3.63, 3.8) is 0 Å². The number of benzene rings is 2. The molecule has 2 N–H and O–H groups in total. The summed E-state index contributed by atoms with van der Waals surface area (Å²) < 4.78 is 32.0. The molecular formula is C18H20N2O5S. The van der Waals surface area contributed by atoms with Crippen molar-refractivity contribution in [1.29, 1.82) is 0 Å². The molecule has 138 valence electrons. The summed E-state index contributed by atoms with van der Waals surface area (Å²) in [7, 11) is -3.76. The van der Waals surface area contributed by atoms with Gasteiger partial charge in [-0.25, -0.2) is 13.2 Å². The lowest BCUT2D eigenvalue weighted by Gasteiger charge is -2.10. The van der Waals surface area contributed by atoms with Gasteiger partial charge in [-0.15, -0.1) is 0 Å². The van der Waals surface area contributed by atoms with Crippen molar-refractivity contribution in [2.24, 2.45) is 0 Å². The zero-order valence-electron chi connectivity index (χ0n) is 14.4. The molecule has 0 fully saturated rings. The Morgan fingerprint density at radius 2 is 1.62 bits per heavy atom. The van der Waals surface area contributed by atoms with Gasteiger partial charge in [-0.3, -0.25) is 9.52 Å². The Hall–Kier alpha value is -2.87. The van der Waals surface area contributed by atoms with Gasteiger partial charge in [0, 0.05) is 11.7 Å². The third-order valence-corrected chi connectivity index (χ3v) is 4.61. The van der Waals surface area contributed by atoms with Gasteiger partial charge >= 0.3 is 5.97 Å². The van der Waals surface area contributed by atoms with Gasteiger partial charge in [0.2, 0.25) is 0 Å². The first-order chi connectivity index (χ1) is 12.3. The number of para-hydroxylation sites is 1. The molecule has 0 aromatic heterocycles. The average molecular weight is 376 g/mol. The number of carbonyl (C=O) groups excluding carboxylic acids is 2. The summed E-state index contributed by atoms with van der Waals surface area (Å²) >= 11 is 0. The Morgan fingerprint density at radius 3 is 2.19 bits per heavy atom. The second-order valence-corrected chi connectivity index (χ2v) is 7.48. The fraction of sp³-hybridized carbons (Fsp3) is 0.222. The summed E-state index contributed by atoms with van der Waals surface area (Å²) in [4.78, 5) is 23.4. The summed E-state index contributed by atoms with van der Waals surface area (Å²) in [6.45, 7) is 3.19. The molecule has 0 unspecified atom stereocenters. The van der Waals surface area contributed by atoms with Crippen LogP contribution in [0.25, 0.3) is 0 Å². The van der Waals surface area contributed by atoms with Crippen molar-refractivity contribution in [1.82, 2.24) is 5.32 Å². The number of rotatable bonds is 7. The Bertz CT molecular complexity index is 862. The number of hydrogen-bond donors (Lipinski definition) is 2. The van der Waals surface area contributed by atoms with Crippen LogP contribution in [-0.2, 0) is 19.6 Å². The van der Waals surface area contributed by atoms with Crippen LogP contribution in [0.2, 0.25) is 0 Å². The predicted molar refractivity (Wildman–Crippen MR) is 97.3 cm³/mol. The van der Waals surface area contributed by atoms with Gasteiger partial charge in [0.25, 0.3) is 15.9 Å². The fourth-order valence-electron chi connectivity index (χ4n) is 2.07. The Labute approximate surface area is 152 Å². The van der Waals surface area contributed by atoms with E-state index in [0.717, 1.165) is 0 Å². The van der Waals surface area contributed by atoms with Crippen molar-refractivity contribution in [3.05, 3.63) is 60.2 Å².